The normalized spacial score (nSPS) is 11.0. The minimum absolute atomic E-state index is 0.182. The van der Waals surface area contributed by atoms with Gasteiger partial charge in [0.1, 0.15) is 5.58 Å². The molecule has 1 amide bonds. The molecular formula is C21H18N2O2S. The van der Waals surface area contributed by atoms with E-state index in [1.165, 1.54) is 0 Å². The highest BCUT2D eigenvalue weighted by molar-refractivity contribution is 7.09. The summed E-state index contributed by atoms with van der Waals surface area (Å²) in [5.74, 6) is 0.203. The van der Waals surface area contributed by atoms with E-state index >= 15 is 0 Å². The van der Waals surface area contributed by atoms with Crippen LogP contribution in [0.3, 0.4) is 0 Å². The van der Waals surface area contributed by atoms with Gasteiger partial charge in [-0.3, -0.25) is 4.79 Å². The molecule has 0 atom stereocenters. The number of hydrogen-bond donors (Lipinski definition) is 1. The summed E-state index contributed by atoms with van der Waals surface area (Å²) in [5, 5.41) is 6.97. The van der Waals surface area contributed by atoms with E-state index < -0.39 is 0 Å². The Morgan fingerprint density at radius 1 is 1.12 bits per heavy atom. The second-order valence-corrected chi connectivity index (χ2v) is 6.99. The van der Waals surface area contributed by atoms with Gasteiger partial charge in [0, 0.05) is 34.9 Å². The van der Waals surface area contributed by atoms with Crippen molar-refractivity contribution in [2.45, 2.75) is 13.3 Å². The fourth-order valence-corrected chi connectivity index (χ4v) is 3.73. The van der Waals surface area contributed by atoms with E-state index in [2.05, 4.69) is 15.7 Å². The average molecular weight is 362 g/mol. The monoisotopic (exact) mass is 362 g/mol. The number of nitrogens with one attached hydrogen (secondary N) is 1. The van der Waals surface area contributed by atoms with Gasteiger partial charge >= 0.3 is 0 Å². The summed E-state index contributed by atoms with van der Waals surface area (Å²) in [6, 6.07) is 17.8. The highest BCUT2D eigenvalue weighted by Gasteiger charge is 2.17. The third-order valence-corrected chi connectivity index (χ3v) is 5.20. The van der Waals surface area contributed by atoms with Crippen LogP contribution in [0, 0.1) is 6.92 Å². The van der Waals surface area contributed by atoms with Gasteiger partial charge in [0.05, 0.1) is 10.7 Å². The first-order valence-electron chi connectivity index (χ1n) is 8.48. The maximum absolute atomic E-state index is 12.4. The quantitative estimate of drug-likeness (QED) is 0.553. The van der Waals surface area contributed by atoms with E-state index in [0.717, 1.165) is 32.8 Å². The zero-order valence-corrected chi connectivity index (χ0v) is 15.2. The molecule has 1 N–H and O–H groups in total. The molecule has 4 nitrogen and oxygen atoms in total. The van der Waals surface area contributed by atoms with Crippen molar-refractivity contribution in [1.82, 2.24) is 10.3 Å². The van der Waals surface area contributed by atoms with Crippen LogP contribution in [-0.2, 0) is 6.42 Å². The summed E-state index contributed by atoms with van der Waals surface area (Å²) in [7, 11) is 0. The molecule has 0 saturated carbocycles. The standard InChI is InChI=1S/C21H18N2O2S/c1-14-16-9-5-6-10-18(16)25-20(14)21(24)22-12-11-19-23-17(13-26-19)15-7-3-2-4-8-15/h2-10,13H,11-12H2,1H3,(H,22,24). The summed E-state index contributed by atoms with van der Waals surface area (Å²) in [6.07, 6.45) is 0.697. The Morgan fingerprint density at radius 2 is 1.88 bits per heavy atom. The molecule has 5 heteroatoms. The molecule has 0 spiro atoms. The van der Waals surface area contributed by atoms with Gasteiger partial charge in [0.2, 0.25) is 0 Å². The third kappa shape index (κ3) is 3.26. The first-order valence-corrected chi connectivity index (χ1v) is 9.36. The zero-order valence-electron chi connectivity index (χ0n) is 14.4. The Balaban J connectivity index is 1.39. The smallest absolute Gasteiger partial charge is 0.287 e. The van der Waals surface area contributed by atoms with Gasteiger partial charge in [-0.05, 0) is 13.0 Å². The average Bonchev–Trinajstić information content (AvgIpc) is 3.28. The van der Waals surface area contributed by atoms with Gasteiger partial charge in [-0.2, -0.15) is 0 Å². The first-order chi connectivity index (χ1) is 12.7. The van der Waals surface area contributed by atoms with E-state index in [4.69, 9.17) is 4.42 Å². The van der Waals surface area contributed by atoms with Gasteiger partial charge in [-0.15, -0.1) is 11.3 Å². The fraction of sp³-hybridized carbons (Fsp3) is 0.143. The predicted octanol–water partition coefficient (Wildman–Crippen LogP) is 4.84. The summed E-state index contributed by atoms with van der Waals surface area (Å²) in [5.41, 5.74) is 3.70. The van der Waals surface area contributed by atoms with Crippen LogP contribution in [0.2, 0.25) is 0 Å². The predicted molar refractivity (Wildman–Crippen MR) is 105 cm³/mol. The Hall–Kier alpha value is -2.92. The number of para-hydroxylation sites is 1. The van der Waals surface area contributed by atoms with Gasteiger partial charge in [-0.25, -0.2) is 4.98 Å². The molecule has 130 valence electrons. The molecule has 0 aliphatic heterocycles. The molecule has 0 bridgehead atoms. The molecule has 4 rings (SSSR count). The van der Waals surface area contributed by atoms with E-state index in [9.17, 15) is 4.79 Å². The molecule has 0 aliphatic rings. The van der Waals surface area contributed by atoms with Crippen LogP contribution in [0.5, 0.6) is 0 Å². The lowest BCUT2D eigenvalue weighted by Gasteiger charge is -2.02. The van der Waals surface area contributed by atoms with Crippen molar-refractivity contribution in [3.8, 4) is 11.3 Å². The van der Waals surface area contributed by atoms with Crippen LogP contribution >= 0.6 is 11.3 Å². The summed E-state index contributed by atoms with van der Waals surface area (Å²) in [4.78, 5) is 17.1. The number of thiazole rings is 1. The van der Waals surface area contributed by atoms with E-state index in [0.29, 0.717) is 18.7 Å². The van der Waals surface area contributed by atoms with Gasteiger partial charge in [-0.1, -0.05) is 48.5 Å². The molecule has 2 heterocycles. The number of hydrogen-bond acceptors (Lipinski definition) is 4. The molecule has 0 aliphatic carbocycles. The Bertz CT molecular complexity index is 1050. The van der Waals surface area contributed by atoms with Crippen molar-refractivity contribution >= 4 is 28.2 Å². The van der Waals surface area contributed by atoms with Gasteiger partial charge in [0.15, 0.2) is 5.76 Å². The van der Waals surface area contributed by atoms with Crippen molar-refractivity contribution in [1.29, 1.82) is 0 Å². The van der Waals surface area contributed by atoms with E-state index in [1.807, 2.05) is 61.5 Å². The molecule has 26 heavy (non-hydrogen) atoms. The number of amides is 1. The number of aromatic nitrogens is 1. The topological polar surface area (TPSA) is 55.1 Å². The van der Waals surface area contributed by atoms with Crippen LogP contribution in [0.25, 0.3) is 22.2 Å². The minimum atomic E-state index is -0.182. The first kappa shape index (κ1) is 16.5. The summed E-state index contributed by atoms with van der Waals surface area (Å²) >= 11 is 1.61. The Morgan fingerprint density at radius 3 is 2.69 bits per heavy atom. The number of rotatable bonds is 5. The van der Waals surface area contributed by atoms with Crippen LogP contribution in [0.1, 0.15) is 21.1 Å². The van der Waals surface area contributed by atoms with Crippen molar-refractivity contribution in [2.24, 2.45) is 0 Å². The van der Waals surface area contributed by atoms with Gasteiger partial charge < -0.3 is 9.73 Å². The lowest BCUT2D eigenvalue weighted by molar-refractivity contribution is 0.0928. The largest absolute Gasteiger partial charge is 0.451 e. The fourth-order valence-electron chi connectivity index (χ4n) is 2.92. The second-order valence-electron chi connectivity index (χ2n) is 6.05. The number of carbonyl (C=O) groups excluding carboxylic acids is 1. The zero-order chi connectivity index (χ0) is 17.9. The lowest BCUT2D eigenvalue weighted by Crippen LogP contribution is -2.25. The van der Waals surface area contributed by atoms with Crippen molar-refractivity contribution in [3.63, 3.8) is 0 Å². The summed E-state index contributed by atoms with van der Waals surface area (Å²) < 4.78 is 5.70. The minimum Gasteiger partial charge on any atom is -0.451 e. The van der Waals surface area contributed by atoms with Crippen LogP contribution in [0.4, 0.5) is 0 Å². The molecule has 4 aromatic rings. The SMILES string of the molecule is Cc1c(C(=O)NCCc2nc(-c3ccccc3)cs2)oc2ccccc12. The Kier molecular flexibility index (Phi) is 4.54. The molecule has 0 radical (unpaired) electrons. The van der Waals surface area contributed by atoms with Crippen LogP contribution in [0.15, 0.2) is 64.4 Å². The van der Waals surface area contributed by atoms with E-state index in [1.54, 1.807) is 11.3 Å². The van der Waals surface area contributed by atoms with Crippen molar-refractivity contribution in [3.05, 3.63) is 76.3 Å². The molecule has 2 aromatic carbocycles. The van der Waals surface area contributed by atoms with Crippen molar-refractivity contribution in [2.75, 3.05) is 6.54 Å². The Labute approximate surface area is 155 Å². The maximum atomic E-state index is 12.4. The highest BCUT2D eigenvalue weighted by atomic mass is 32.1. The third-order valence-electron chi connectivity index (χ3n) is 4.30. The maximum Gasteiger partial charge on any atom is 0.287 e. The number of aryl methyl sites for hydroxylation is 1. The molecular weight excluding hydrogens is 344 g/mol. The molecule has 0 unspecified atom stereocenters. The summed E-state index contributed by atoms with van der Waals surface area (Å²) in [6.45, 7) is 2.44. The molecule has 2 aromatic heterocycles. The molecule has 0 fully saturated rings. The van der Waals surface area contributed by atoms with Gasteiger partial charge in [0.25, 0.3) is 5.91 Å². The number of furan rings is 1. The van der Waals surface area contributed by atoms with Crippen molar-refractivity contribution < 1.29 is 9.21 Å². The van der Waals surface area contributed by atoms with Crippen LogP contribution < -0.4 is 5.32 Å². The number of benzene rings is 2. The highest BCUT2D eigenvalue weighted by Crippen LogP contribution is 2.25. The molecule has 0 saturated heterocycles. The van der Waals surface area contributed by atoms with E-state index in [-0.39, 0.29) is 5.91 Å². The number of carbonyl (C=O) groups is 1. The number of nitrogens with zero attached hydrogens (tertiary/aromatic N) is 1. The second kappa shape index (κ2) is 7.14. The lowest BCUT2D eigenvalue weighted by atomic mass is 10.1. The van der Waals surface area contributed by atoms with Crippen LogP contribution in [-0.4, -0.2) is 17.4 Å². The number of fused-ring (bicyclic) bond motifs is 1.